The van der Waals surface area contributed by atoms with Gasteiger partial charge < -0.3 is 15.4 Å². The van der Waals surface area contributed by atoms with Gasteiger partial charge >= 0.3 is 0 Å². The van der Waals surface area contributed by atoms with Crippen molar-refractivity contribution in [1.82, 2.24) is 25.2 Å². The number of aliphatic imine (C=N–C) groups is 1. The van der Waals surface area contributed by atoms with Crippen molar-refractivity contribution in [3.8, 4) is 11.6 Å². The van der Waals surface area contributed by atoms with Crippen LogP contribution in [0, 0.1) is 18.7 Å². The zero-order valence-electron chi connectivity index (χ0n) is 19.1. The van der Waals surface area contributed by atoms with Crippen molar-refractivity contribution in [2.24, 2.45) is 10.9 Å². The highest BCUT2D eigenvalue weighted by Crippen LogP contribution is 2.30. The summed E-state index contributed by atoms with van der Waals surface area (Å²) in [5.41, 5.74) is 1.84. The first-order chi connectivity index (χ1) is 15.5. The normalized spacial score (nSPS) is 14.4. The van der Waals surface area contributed by atoms with E-state index in [-0.39, 0.29) is 35.8 Å². The van der Waals surface area contributed by atoms with Crippen LogP contribution in [-0.4, -0.2) is 34.1 Å². The van der Waals surface area contributed by atoms with Gasteiger partial charge in [-0.15, -0.1) is 24.0 Å². The van der Waals surface area contributed by atoms with Crippen molar-refractivity contribution in [2.75, 3.05) is 13.7 Å². The number of rotatable bonds is 8. The summed E-state index contributed by atoms with van der Waals surface area (Å²) in [5.74, 6) is 2.91. The Kier molecular flexibility index (Phi) is 8.65. The average molecular weight is 564 g/mol. The van der Waals surface area contributed by atoms with Gasteiger partial charge in [0.15, 0.2) is 17.5 Å². The molecule has 2 heterocycles. The van der Waals surface area contributed by atoms with Gasteiger partial charge in [-0.2, -0.15) is 0 Å². The first-order valence-corrected chi connectivity index (χ1v) is 10.9. The molecule has 0 spiro atoms. The molecule has 1 unspecified atom stereocenters. The maximum Gasteiger partial charge on any atom is 0.191 e. The molecule has 7 nitrogen and oxygen atoms in total. The lowest BCUT2D eigenvalue weighted by Crippen LogP contribution is -2.38. The minimum Gasteiger partial charge on any atom is -0.490 e. The molecule has 1 atom stereocenters. The van der Waals surface area contributed by atoms with Crippen LogP contribution >= 0.6 is 24.0 Å². The van der Waals surface area contributed by atoms with Gasteiger partial charge in [-0.05, 0) is 61.9 Å². The van der Waals surface area contributed by atoms with Gasteiger partial charge in [-0.3, -0.25) is 9.56 Å². The van der Waals surface area contributed by atoms with E-state index in [4.69, 9.17) is 4.74 Å². The van der Waals surface area contributed by atoms with E-state index in [2.05, 4.69) is 25.6 Å². The highest BCUT2D eigenvalue weighted by atomic mass is 127. The largest absolute Gasteiger partial charge is 0.490 e. The molecule has 1 aliphatic carbocycles. The highest BCUT2D eigenvalue weighted by molar-refractivity contribution is 14.0. The SMILES string of the molecule is CN=C(NCc1ccc(-n2ccnc2C)nc1)NC(C)c1ccc(OCC2CC2)c(F)c1.I. The van der Waals surface area contributed by atoms with Crippen LogP contribution in [0.4, 0.5) is 4.39 Å². The number of nitrogens with zero attached hydrogens (tertiary/aromatic N) is 4. The standard InChI is InChI=1S/C24H29FN6O.HI/c1-16(20-7-8-22(21(25)12-20)32-15-18-4-5-18)30-24(26-3)29-14-19-6-9-23(28-13-19)31-11-10-27-17(31)2;/h6-13,16,18H,4-5,14-15H2,1-3H3,(H2,26,29,30);1H. The second kappa shape index (κ2) is 11.4. The second-order valence-corrected chi connectivity index (χ2v) is 8.11. The third kappa shape index (κ3) is 6.66. The van der Waals surface area contributed by atoms with Gasteiger partial charge in [0.2, 0.25) is 0 Å². The quantitative estimate of drug-likeness (QED) is 0.239. The van der Waals surface area contributed by atoms with Crippen molar-refractivity contribution in [1.29, 1.82) is 0 Å². The predicted octanol–water partition coefficient (Wildman–Crippen LogP) is 4.55. The van der Waals surface area contributed by atoms with E-state index in [0.717, 1.165) is 22.8 Å². The molecule has 1 fully saturated rings. The summed E-state index contributed by atoms with van der Waals surface area (Å²) in [7, 11) is 1.71. The minimum absolute atomic E-state index is 0. The number of pyridine rings is 1. The van der Waals surface area contributed by atoms with Crippen LogP contribution in [0.1, 0.15) is 42.8 Å². The van der Waals surface area contributed by atoms with Gasteiger partial charge in [-0.1, -0.05) is 12.1 Å². The van der Waals surface area contributed by atoms with E-state index < -0.39 is 0 Å². The van der Waals surface area contributed by atoms with E-state index in [1.807, 2.05) is 49.0 Å². The number of guanidine groups is 1. The summed E-state index contributed by atoms with van der Waals surface area (Å²) in [4.78, 5) is 13.0. The number of halogens is 2. The van der Waals surface area contributed by atoms with E-state index in [1.165, 1.54) is 18.9 Å². The Balaban J connectivity index is 0.00000306. The minimum atomic E-state index is -0.334. The summed E-state index contributed by atoms with van der Waals surface area (Å²) in [6, 6.07) is 8.96. The number of benzene rings is 1. The molecule has 0 saturated heterocycles. The monoisotopic (exact) mass is 564 g/mol. The summed E-state index contributed by atoms with van der Waals surface area (Å²) in [6.07, 6.45) is 7.82. The first-order valence-electron chi connectivity index (χ1n) is 10.9. The van der Waals surface area contributed by atoms with E-state index >= 15 is 0 Å². The number of hydrogen-bond acceptors (Lipinski definition) is 4. The number of nitrogens with one attached hydrogen (secondary N) is 2. The summed E-state index contributed by atoms with van der Waals surface area (Å²) >= 11 is 0. The lowest BCUT2D eigenvalue weighted by Gasteiger charge is -2.19. The van der Waals surface area contributed by atoms with Crippen LogP contribution in [0.5, 0.6) is 5.75 Å². The van der Waals surface area contributed by atoms with Crippen LogP contribution < -0.4 is 15.4 Å². The number of imidazole rings is 1. The molecule has 0 radical (unpaired) electrons. The fourth-order valence-electron chi connectivity index (χ4n) is 3.35. The fourth-order valence-corrected chi connectivity index (χ4v) is 3.35. The predicted molar refractivity (Wildman–Crippen MR) is 138 cm³/mol. The molecule has 0 bridgehead atoms. The summed E-state index contributed by atoms with van der Waals surface area (Å²) in [5, 5.41) is 6.58. The van der Waals surface area contributed by atoms with Crippen LogP contribution in [0.25, 0.3) is 5.82 Å². The Morgan fingerprint density at radius 1 is 1.27 bits per heavy atom. The fraction of sp³-hybridized carbons (Fsp3) is 0.375. The molecule has 9 heteroatoms. The molecule has 0 aliphatic heterocycles. The lowest BCUT2D eigenvalue weighted by molar-refractivity contribution is 0.285. The van der Waals surface area contributed by atoms with Gasteiger partial charge in [0.05, 0.1) is 12.6 Å². The zero-order chi connectivity index (χ0) is 22.5. The first kappa shape index (κ1) is 24.9. The number of hydrogen-bond donors (Lipinski definition) is 2. The van der Waals surface area contributed by atoms with E-state index in [0.29, 0.717) is 30.8 Å². The second-order valence-electron chi connectivity index (χ2n) is 8.11. The van der Waals surface area contributed by atoms with Gasteiger partial charge in [0.1, 0.15) is 11.6 Å². The smallest absolute Gasteiger partial charge is 0.191 e. The molecule has 1 aromatic carbocycles. The Morgan fingerprint density at radius 2 is 2.09 bits per heavy atom. The Morgan fingerprint density at radius 3 is 2.70 bits per heavy atom. The molecule has 176 valence electrons. The van der Waals surface area contributed by atoms with Crippen LogP contribution in [-0.2, 0) is 6.54 Å². The molecule has 3 aromatic rings. The average Bonchev–Trinajstić information content (AvgIpc) is 3.54. The molecule has 1 saturated carbocycles. The third-order valence-corrected chi connectivity index (χ3v) is 5.55. The maximum absolute atomic E-state index is 14.4. The van der Waals surface area contributed by atoms with Crippen LogP contribution in [0.3, 0.4) is 0 Å². The zero-order valence-corrected chi connectivity index (χ0v) is 21.4. The van der Waals surface area contributed by atoms with Crippen molar-refractivity contribution in [3.63, 3.8) is 0 Å². The van der Waals surface area contributed by atoms with E-state index in [9.17, 15) is 4.39 Å². The highest BCUT2D eigenvalue weighted by Gasteiger charge is 2.22. The Hall–Kier alpha value is -2.69. The van der Waals surface area contributed by atoms with Crippen molar-refractivity contribution < 1.29 is 9.13 Å². The lowest BCUT2D eigenvalue weighted by atomic mass is 10.1. The molecular formula is C24H30FIN6O. The molecule has 2 N–H and O–H groups in total. The topological polar surface area (TPSA) is 76.4 Å². The molecule has 0 amide bonds. The maximum atomic E-state index is 14.4. The molecule has 33 heavy (non-hydrogen) atoms. The van der Waals surface area contributed by atoms with E-state index in [1.54, 1.807) is 19.3 Å². The van der Waals surface area contributed by atoms with Crippen LogP contribution in [0.15, 0.2) is 53.9 Å². The number of aryl methyl sites for hydroxylation is 1. The Labute approximate surface area is 210 Å². The van der Waals surface area contributed by atoms with Gasteiger partial charge in [0.25, 0.3) is 0 Å². The molecule has 4 rings (SSSR count). The van der Waals surface area contributed by atoms with Crippen molar-refractivity contribution >= 4 is 29.9 Å². The molecular weight excluding hydrogens is 534 g/mol. The van der Waals surface area contributed by atoms with Crippen molar-refractivity contribution in [2.45, 2.75) is 39.3 Å². The molecule has 1 aliphatic rings. The summed E-state index contributed by atoms with van der Waals surface area (Å²) < 4.78 is 21.9. The Bertz CT molecular complexity index is 1080. The number of aromatic nitrogens is 3. The van der Waals surface area contributed by atoms with Crippen molar-refractivity contribution in [3.05, 3.63) is 71.7 Å². The molecule has 2 aromatic heterocycles. The summed E-state index contributed by atoms with van der Waals surface area (Å²) in [6.45, 7) is 5.06. The third-order valence-electron chi connectivity index (χ3n) is 5.55. The van der Waals surface area contributed by atoms with Gasteiger partial charge in [-0.25, -0.2) is 14.4 Å². The van der Waals surface area contributed by atoms with Crippen LogP contribution in [0.2, 0.25) is 0 Å². The van der Waals surface area contributed by atoms with Gasteiger partial charge in [0, 0.05) is 32.2 Å². The number of ether oxygens (including phenoxy) is 1.